The maximum absolute atomic E-state index is 15.3. The zero-order valence-corrected chi connectivity index (χ0v) is 46.2. The fourth-order valence-electron chi connectivity index (χ4n) is 11.9. The summed E-state index contributed by atoms with van der Waals surface area (Å²) < 4.78 is 13.2. The van der Waals surface area contributed by atoms with Crippen molar-refractivity contribution in [3.63, 3.8) is 0 Å². The van der Waals surface area contributed by atoms with Gasteiger partial charge in [0.25, 0.3) is 5.91 Å². The maximum Gasteiger partial charge on any atom is 0.324 e. The smallest absolute Gasteiger partial charge is 0.324 e. The third-order valence-electron chi connectivity index (χ3n) is 16.2. The number of fused-ring (bicyclic) bond motifs is 6. The van der Waals surface area contributed by atoms with E-state index in [1.165, 1.54) is 27.7 Å². The molecule has 4 fully saturated rings. The van der Waals surface area contributed by atoms with E-state index in [0.717, 1.165) is 51.0 Å². The summed E-state index contributed by atoms with van der Waals surface area (Å²) in [5.41, 5.74) is 10.9. The third kappa shape index (κ3) is 9.83. The minimum atomic E-state index is -1.24. The molecule has 7 heterocycles. The maximum atomic E-state index is 15.3. The number of thioether (sulfide) groups is 1. The Kier molecular flexibility index (Phi) is 14.8. The molecule has 6 bridgehead atoms. The van der Waals surface area contributed by atoms with E-state index in [4.69, 9.17) is 27.1 Å². The van der Waals surface area contributed by atoms with Crippen molar-refractivity contribution in [2.75, 3.05) is 67.1 Å². The van der Waals surface area contributed by atoms with E-state index in [2.05, 4.69) is 85.7 Å². The van der Waals surface area contributed by atoms with Gasteiger partial charge in [0.05, 0.1) is 28.9 Å². The van der Waals surface area contributed by atoms with Crippen LogP contribution in [0.3, 0.4) is 0 Å². The number of hydrogen-bond donors (Lipinski definition) is 2. The van der Waals surface area contributed by atoms with E-state index in [1.54, 1.807) is 25.3 Å². The summed E-state index contributed by atoms with van der Waals surface area (Å²) in [5, 5.41) is 1.78. The number of urea groups is 1. The van der Waals surface area contributed by atoms with Gasteiger partial charge in [0.15, 0.2) is 10.7 Å². The molecule has 9 rings (SSSR count). The molecule has 0 saturated carbocycles. The number of nitrogens with one attached hydrogen (secondary N) is 1. The van der Waals surface area contributed by atoms with Gasteiger partial charge in [-0.1, -0.05) is 50.8 Å². The number of piperidine rings is 1. The lowest BCUT2D eigenvalue weighted by Gasteiger charge is -2.53. The molecule has 74 heavy (non-hydrogen) atoms. The van der Waals surface area contributed by atoms with Crippen molar-refractivity contribution >= 4 is 64.9 Å². The molecule has 5 aliphatic rings. The highest BCUT2D eigenvalue weighted by atomic mass is 32.2. The average Bonchev–Trinajstić information content (AvgIpc) is 4.07. The van der Waals surface area contributed by atoms with Gasteiger partial charge in [-0.05, 0) is 131 Å². The molecule has 4 amide bonds. The second-order valence-electron chi connectivity index (χ2n) is 22.0. The first-order chi connectivity index (χ1) is 35.2. The summed E-state index contributed by atoms with van der Waals surface area (Å²) in [4.78, 5) is 82.9. The van der Waals surface area contributed by atoms with Crippen LogP contribution in [0.5, 0.6) is 0 Å². The first kappa shape index (κ1) is 53.4. The van der Waals surface area contributed by atoms with E-state index >= 15 is 9.59 Å². The molecule has 2 aromatic heterocycles. The van der Waals surface area contributed by atoms with Gasteiger partial charge in [0.1, 0.15) is 10.8 Å². The Balaban J connectivity index is 1.06. The largest absolute Gasteiger partial charge is 0.464 e. The summed E-state index contributed by atoms with van der Waals surface area (Å²) in [6.07, 6.45) is 6.30. The lowest BCUT2D eigenvalue weighted by Crippen LogP contribution is -2.65. The number of allylic oxidation sites excluding steroid dienone is 2. The number of nitrogens with zero attached hydrogens (tertiary/aromatic N) is 7. The zero-order valence-electron chi connectivity index (χ0n) is 44.5. The number of pyridine rings is 1. The fraction of sp³-hybridized carbons (Fsp3) is 0.509. The number of carbonyl (C=O) groups excluding carboxylic acids is 5. The minimum Gasteiger partial charge on any atom is -0.464 e. The van der Waals surface area contributed by atoms with Crippen LogP contribution in [0, 0.1) is 5.41 Å². The Morgan fingerprint density at radius 1 is 1.01 bits per heavy atom. The fourth-order valence-corrected chi connectivity index (χ4v) is 13.4. The molecule has 1 unspecified atom stereocenters. The number of esters is 1. The molecule has 2 aromatic carbocycles. The third-order valence-corrected chi connectivity index (χ3v) is 18.1. The summed E-state index contributed by atoms with van der Waals surface area (Å²) in [6.45, 7) is 19.6. The van der Waals surface area contributed by atoms with Crippen molar-refractivity contribution in [2.45, 2.75) is 113 Å². The molecule has 1 N–H and O–H groups in total. The first-order valence-electron chi connectivity index (χ1n) is 26.0. The molecule has 394 valence electrons. The van der Waals surface area contributed by atoms with Crippen LogP contribution in [-0.4, -0.2) is 152 Å². The van der Waals surface area contributed by atoms with Gasteiger partial charge in [-0.2, -0.15) is 0 Å². The molecule has 0 radical (unpaired) electrons. The van der Waals surface area contributed by atoms with E-state index in [-0.39, 0.29) is 47.9 Å². The highest BCUT2D eigenvalue weighted by molar-refractivity contribution is 8.10. The standard InChI is InChI=1S/C57H72N8O7S2/c1-11-45(66)63-29-28-60(8)56(34-63)22-26-62(27-23-56)53(70)61(9)46(36(3)4)48(67)50-57(74-50)32-37-16-13-17-38(30-37)39-20-21-44-41(31-39)42(47(64(44)12-2)40-18-14-24-58-49(40)55(7,73)71-10)33-54(5,6)35-72-51(68)43-19-15-25-65(59-43)52(57)69/h11,13-14,16-18,20-21,24,30-31,43,50,59,73H,1,12,15,19,22-23,25-29,32-35H2,2-10H3/t43-,50+,55+,57?/m0/s1. The number of piperazine rings is 1. The molecular formula is C57H72N8O7S2. The number of benzene rings is 2. The van der Waals surface area contributed by atoms with Crippen LogP contribution < -0.4 is 5.43 Å². The molecule has 4 aromatic rings. The molecule has 4 atom stereocenters. The van der Waals surface area contributed by atoms with Crippen molar-refractivity contribution in [1.82, 2.24) is 39.6 Å². The van der Waals surface area contributed by atoms with E-state index < -0.39 is 32.4 Å². The molecule has 0 aliphatic carbocycles. The predicted molar refractivity (Wildman–Crippen MR) is 293 cm³/mol. The zero-order chi connectivity index (χ0) is 53.1. The molecular weight excluding hydrogens is 973 g/mol. The van der Waals surface area contributed by atoms with Crippen molar-refractivity contribution in [3.8, 4) is 22.4 Å². The highest BCUT2D eigenvalue weighted by Crippen LogP contribution is 2.58. The number of ketones is 1. The van der Waals surface area contributed by atoms with Gasteiger partial charge in [-0.3, -0.25) is 39.0 Å². The van der Waals surface area contributed by atoms with Crippen LogP contribution in [0.4, 0.5) is 4.79 Å². The van der Waals surface area contributed by atoms with Gasteiger partial charge < -0.3 is 23.8 Å². The van der Waals surface area contributed by atoms with Gasteiger partial charge in [-0.25, -0.2) is 10.2 Å². The van der Waals surface area contributed by atoms with Crippen LogP contribution in [0.15, 0.2) is 84.7 Å². The summed E-state index contributed by atoms with van der Waals surface area (Å²) in [5.74, 6) is -1.10. The van der Waals surface area contributed by atoms with Crippen molar-refractivity contribution < 1.29 is 33.4 Å². The molecule has 15 nitrogen and oxygen atoms in total. The summed E-state index contributed by atoms with van der Waals surface area (Å²) in [6, 6.07) is 17.7. The molecule has 5 aliphatic heterocycles. The van der Waals surface area contributed by atoms with E-state index in [9.17, 15) is 14.4 Å². The number of rotatable bonds is 8. The second kappa shape index (κ2) is 20.6. The average molecular weight is 1050 g/mol. The number of carbonyl (C=O) groups is 5. The molecule has 2 spiro atoms. The number of amides is 4. The quantitative estimate of drug-likeness (QED) is 0.0584. The molecule has 4 saturated heterocycles. The van der Waals surface area contributed by atoms with Crippen LogP contribution in [-0.2, 0) is 53.0 Å². The van der Waals surface area contributed by atoms with Crippen LogP contribution in [0.1, 0.15) is 84.0 Å². The normalized spacial score (nSPS) is 23.7. The Labute approximate surface area is 445 Å². The van der Waals surface area contributed by atoms with Gasteiger partial charge in [-0.15, -0.1) is 24.4 Å². The number of likely N-dealkylation sites (tertiary alicyclic amines) is 1. The summed E-state index contributed by atoms with van der Waals surface area (Å²) >= 11 is 6.24. The number of cyclic esters (lactones) is 1. The van der Waals surface area contributed by atoms with Crippen molar-refractivity contribution in [1.29, 1.82) is 0 Å². The SMILES string of the molecule is C=CC(=O)N1CCN(C)C2(CCN(C(=O)N(C)C(C(=O)[C@H]3SC34Cc3cccc(c3)-c3ccc5c(c3)c(c(-c3cccnc3[C@@](C)(S)OC)n5CC)CC(C)(C)COC(=O)[C@@H]3CCCN(N3)C4=O)=C(C)C)CC2)C1. The number of hydrazine groups is 1. The van der Waals surface area contributed by atoms with E-state index in [0.29, 0.717) is 82.6 Å². The van der Waals surface area contributed by atoms with Crippen LogP contribution >= 0.6 is 24.4 Å². The van der Waals surface area contributed by atoms with Gasteiger partial charge in [0, 0.05) is 93.6 Å². The molecule has 17 heteroatoms. The van der Waals surface area contributed by atoms with E-state index in [1.807, 2.05) is 43.9 Å². The number of thiol groups is 1. The second-order valence-corrected chi connectivity index (χ2v) is 24.3. The Morgan fingerprint density at radius 2 is 1.76 bits per heavy atom. The Morgan fingerprint density at radius 3 is 2.46 bits per heavy atom. The first-order valence-corrected chi connectivity index (χ1v) is 27.3. The van der Waals surface area contributed by atoms with Gasteiger partial charge in [0.2, 0.25) is 5.91 Å². The topological polar surface area (TPSA) is 150 Å². The van der Waals surface area contributed by atoms with Gasteiger partial charge >= 0.3 is 12.0 Å². The van der Waals surface area contributed by atoms with Crippen LogP contribution in [0.2, 0.25) is 0 Å². The number of aryl methyl sites for hydroxylation is 1. The lowest BCUT2D eigenvalue weighted by molar-refractivity contribution is -0.155. The lowest BCUT2D eigenvalue weighted by atomic mass is 9.83. The number of likely N-dealkylation sites (N-methyl/N-ethyl adjacent to an activating group) is 2. The minimum absolute atomic E-state index is 0.0876. The van der Waals surface area contributed by atoms with Crippen LogP contribution in [0.25, 0.3) is 33.3 Å². The highest BCUT2D eigenvalue weighted by Gasteiger charge is 2.67. The number of hydrogen-bond acceptors (Lipinski definition) is 12. The predicted octanol–water partition coefficient (Wildman–Crippen LogP) is 7.87. The number of methoxy groups -OCH3 is 1. The van der Waals surface area contributed by atoms with Crippen molar-refractivity contribution in [3.05, 3.63) is 102 Å². The Hall–Kier alpha value is -5.46. The monoisotopic (exact) mass is 1040 g/mol. The Bertz CT molecular complexity index is 2940. The van der Waals surface area contributed by atoms with Crippen molar-refractivity contribution in [2.24, 2.45) is 5.41 Å². The number of aromatic nitrogens is 2. The number of Topliss-reactive ketones (excluding diaryl/α,β-unsaturated/α-hetero) is 1. The number of ether oxygens (including phenoxy) is 2. The summed E-state index contributed by atoms with van der Waals surface area (Å²) in [7, 11) is 5.36.